The van der Waals surface area contributed by atoms with Gasteiger partial charge in [-0.1, -0.05) is 0 Å². The van der Waals surface area contributed by atoms with Crippen molar-refractivity contribution in [2.75, 3.05) is 39.4 Å². The van der Waals surface area contributed by atoms with Crippen molar-refractivity contribution in [2.45, 2.75) is 44.7 Å². The van der Waals surface area contributed by atoms with Crippen molar-refractivity contribution in [3.8, 4) is 0 Å². The van der Waals surface area contributed by atoms with Gasteiger partial charge >= 0.3 is 0 Å². The molecule has 3 fully saturated rings. The summed E-state index contributed by atoms with van der Waals surface area (Å²) in [5.74, 6) is 0. The minimum Gasteiger partial charge on any atom is -0.380 e. The Kier molecular flexibility index (Phi) is 3.92. The van der Waals surface area contributed by atoms with E-state index in [2.05, 4.69) is 16.7 Å². The van der Waals surface area contributed by atoms with Crippen LogP contribution in [0.25, 0.3) is 0 Å². The monoisotopic (exact) mass is 266 g/mol. The molecule has 3 aliphatic heterocycles. The standard InChI is InChI=1S/C15H26N2O2/c1-13-8-16-6-2-4-14(16)9-17(13)10-15(11-18)5-3-7-19-12-15/h11,13-14H,2-10,12H2,1H3. The van der Waals surface area contributed by atoms with E-state index in [1.54, 1.807) is 0 Å². The lowest BCUT2D eigenvalue weighted by molar-refractivity contribution is -0.127. The zero-order chi connectivity index (χ0) is 13.3. The molecule has 0 aliphatic carbocycles. The Labute approximate surface area is 116 Å². The number of aldehydes is 1. The quantitative estimate of drug-likeness (QED) is 0.718. The van der Waals surface area contributed by atoms with E-state index in [4.69, 9.17) is 4.74 Å². The van der Waals surface area contributed by atoms with Crippen LogP contribution in [-0.4, -0.2) is 67.6 Å². The second-order valence-electron chi connectivity index (χ2n) is 6.71. The lowest BCUT2D eigenvalue weighted by atomic mass is 9.83. The molecule has 0 aromatic rings. The summed E-state index contributed by atoms with van der Waals surface area (Å²) in [4.78, 5) is 16.7. The summed E-state index contributed by atoms with van der Waals surface area (Å²) in [5.41, 5.74) is -0.243. The van der Waals surface area contributed by atoms with Crippen molar-refractivity contribution < 1.29 is 9.53 Å². The highest BCUT2D eigenvalue weighted by Gasteiger charge is 2.40. The lowest BCUT2D eigenvalue weighted by Gasteiger charge is -2.46. The van der Waals surface area contributed by atoms with Crippen molar-refractivity contribution >= 4 is 6.29 Å². The Bertz CT molecular complexity index is 328. The predicted molar refractivity (Wildman–Crippen MR) is 74.2 cm³/mol. The zero-order valence-electron chi connectivity index (χ0n) is 12.0. The zero-order valence-corrected chi connectivity index (χ0v) is 12.0. The van der Waals surface area contributed by atoms with Gasteiger partial charge in [0.25, 0.3) is 0 Å². The van der Waals surface area contributed by atoms with E-state index in [0.717, 1.165) is 38.6 Å². The molecule has 0 saturated carbocycles. The van der Waals surface area contributed by atoms with Gasteiger partial charge in [-0.2, -0.15) is 0 Å². The first-order chi connectivity index (χ1) is 9.22. The Hall–Kier alpha value is -0.450. The summed E-state index contributed by atoms with van der Waals surface area (Å²) < 4.78 is 5.57. The second kappa shape index (κ2) is 5.51. The molecular weight excluding hydrogens is 240 g/mol. The Morgan fingerprint density at radius 2 is 2.26 bits per heavy atom. The van der Waals surface area contributed by atoms with E-state index in [1.807, 2.05) is 0 Å². The van der Waals surface area contributed by atoms with Crippen LogP contribution >= 0.6 is 0 Å². The van der Waals surface area contributed by atoms with Crippen LogP contribution in [0.4, 0.5) is 0 Å². The maximum atomic E-state index is 11.6. The van der Waals surface area contributed by atoms with Gasteiger partial charge in [0.2, 0.25) is 0 Å². The normalized spacial score (nSPS) is 41.1. The van der Waals surface area contributed by atoms with Gasteiger partial charge in [0.15, 0.2) is 0 Å². The number of ether oxygens (including phenoxy) is 1. The van der Waals surface area contributed by atoms with Gasteiger partial charge in [0.1, 0.15) is 6.29 Å². The number of piperazine rings is 1. The van der Waals surface area contributed by atoms with Gasteiger partial charge in [-0.15, -0.1) is 0 Å². The number of hydrogen-bond acceptors (Lipinski definition) is 4. The number of carbonyl (C=O) groups is 1. The van der Waals surface area contributed by atoms with Crippen molar-refractivity contribution in [2.24, 2.45) is 5.41 Å². The average Bonchev–Trinajstić information content (AvgIpc) is 2.87. The number of carbonyl (C=O) groups excluding carboxylic acids is 1. The average molecular weight is 266 g/mol. The van der Waals surface area contributed by atoms with Gasteiger partial charge in [0, 0.05) is 38.3 Å². The van der Waals surface area contributed by atoms with Crippen molar-refractivity contribution in [3.05, 3.63) is 0 Å². The van der Waals surface area contributed by atoms with Crippen LogP contribution in [0.2, 0.25) is 0 Å². The number of fused-ring (bicyclic) bond motifs is 1. The van der Waals surface area contributed by atoms with Gasteiger partial charge < -0.3 is 9.53 Å². The highest BCUT2D eigenvalue weighted by atomic mass is 16.5. The SMILES string of the molecule is CC1CN2CCCC2CN1CC1(C=O)CCCOC1. The first-order valence-corrected chi connectivity index (χ1v) is 7.75. The molecular formula is C15H26N2O2. The van der Waals surface area contributed by atoms with Crippen molar-refractivity contribution in [1.29, 1.82) is 0 Å². The van der Waals surface area contributed by atoms with Crippen LogP contribution in [-0.2, 0) is 9.53 Å². The highest BCUT2D eigenvalue weighted by molar-refractivity contribution is 5.60. The fourth-order valence-corrected chi connectivity index (χ4v) is 4.00. The van der Waals surface area contributed by atoms with Gasteiger partial charge in [-0.3, -0.25) is 9.80 Å². The molecule has 0 aromatic heterocycles. The topological polar surface area (TPSA) is 32.8 Å². The molecule has 0 bridgehead atoms. The maximum absolute atomic E-state index is 11.6. The van der Waals surface area contributed by atoms with Crippen LogP contribution in [0.1, 0.15) is 32.6 Å². The molecule has 3 heterocycles. The second-order valence-corrected chi connectivity index (χ2v) is 6.71. The molecule has 0 radical (unpaired) electrons. The largest absolute Gasteiger partial charge is 0.380 e. The van der Waals surface area contributed by atoms with E-state index in [1.165, 1.54) is 32.2 Å². The molecule has 3 saturated heterocycles. The first-order valence-electron chi connectivity index (χ1n) is 7.75. The molecule has 4 heteroatoms. The molecule has 0 spiro atoms. The summed E-state index contributed by atoms with van der Waals surface area (Å²) in [7, 11) is 0. The van der Waals surface area contributed by atoms with Crippen molar-refractivity contribution in [1.82, 2.24) is 9.80 Å². The van der Waals surface area contributed by atoms with E-state index in [9.17, 15) is 4.79 Å². The van der Waals surface area contributed by atoms with Gasteiger partial charge in [0.05, 0.1) is 12.0 Å². The summed E-state index contributed by atoms with van der Waals surface area (Å²) in [6.45, 7) is 8.20. The number of hydrogen-bond donors (Lipinski definition) is 0. The van der Waals surface area contributed by atoms with Crippen LogP contribution in [0.5, 0.6) is 0 Å². The van der Waals surface area contributed by atoms with E-state index < -0.39 is 0 Å². The molecule has 0 aromatic carbocycles. The minimum absolute atomic E-state index is 0.243. The highest BCUT2D eigenvalue weighted by Crippen LogP contribution is 2.31. The van der Waals surface area contributed by atoms with Crippen LogP contribution in [0.3, 0.4) is 0 Å². The first kappa shape index (κ1) is 13.5. The van der Waals surface area contributed by atoms with E-state index in [-0.39, 0.29) is 5.41 Å². The van der Waals surface area contributed by atoms with E-state index >= 15 is 0 Å². The predicted octanol–water partition coefficient (Wildman–Crippen LogP) is 1.15. The van der Waals surface area contributed by atoms with Gasteiger partial charge in [-0.05, 0) is 39.2 Å². The van der Waals surface area contributed by atoms with Crippen molar-refractivity contribution in [3.63, 3.8) is 0 Å². The molecule has 0 amide bonds. The third kappa shape index (κ3) is 2.71. The van der Waals surface area contributed by atoms with Crippen LogP contribution < -0.4 is 0 Å². The Balaban J connectivity index is 1.65. The molecule has 3 aliphatic rings. The third-order valence-electron chi connectivity index (χ3n) is 5.19. The molecule has 3 atom stereocenters. The third-order valence-corrected chi connectivity index (χ3v) is 5.19. The molecule has 19 heavy (non-hydrogen) atoms. The Morgan fingerprint density at radius 3 is 3.00 bits per heavy atom. The van der Waals surface area contributed by atoms with Crippen LogP contribution in [0, 0.1) is 5.41 Å². The minimum atomic E-state index is -0.243. The molecule has 4 nitrogen and oxygen atoms in total. The fourth-order valence-electron chi connectivity index (χ4n) is 4.00. The number of rotatable bonds is 3. The summed E-state index contributed by atoms with van der Waals surface area (Å²) >= 11 is 0. The lowest BCUT2D eigenvalue weighted by Crippen LogP contribution is -2.58. The summed E-state index contributed by atoms with van der Waals surface area (Å²) in [6, 6.07) is 1.29. The molecule has 3 rings (SSSR count). The van der Waals surface area contributed by atoms with Crippen LogP contribution in [0.15, 0.2) is 0 Å². The smallest absolute Gasteiger partial charge is 0.129 e. The summed E-state index contributed by atoms with van der Waals surface area (Å²) in [6.07, 6.45) is 5.85. The van der Waals surface area contributed by atoms with Gasteiger partial charge in [-0.25, -0.2) is 0 Å². The fraction of sp³-hybridized carbons (Fsp3) is 0.933. The Morgan fingerprint density at radius 1 is 1.37 bits per heavy atom. The number of nitrogens with zero attached hydrogens (tertiary/aromatic N) is 2. The molecule has 3 unspecified atom stereocenters. The maximum Gasteiger partial charge on any atom is 0.129 e. The van der Waals surface area contributed by atoms with E-state index in [0.29, 0.717) is 12.6 Å². The molecule has 0 N–H and O–H groups in total. The summed E-state index contributed by atoms with van der Waals surface area (Å²) in [5, 5.41) is 0. The molecule has 108 valence electrons.